The number of amides is 4. The zero-order valence-corrected chi connectivity index (χ0v) is 29.3. The quantitative estimate of drug-likeness (QED) is 0.0600. The molecule has 0 saturated carbocycles. The van der Waals surface area contributed by atoms with Crippen LogP contribution in [0.3, 0.4) is 0 Å². The van der Waals surface area contributed by atoms with Crippen LogP contribution >= 0.6 is 0 Å². The van der Waals surface area contributed by atoms with E-state index in [9.17, 15) is 24.3 Å². The van der Waals surface area contributed by atoms with E-state index in [0.717, 1.165) is 16.3 Å². The van der Waals surface area contributed by atoms with E-state index in [0.29, 0.717) is 18.4 Å². The molecule has 0 saturated heterocycles. The number of fused-ring (bicyclic) bond motifs is 1. The number of nitrogens with zero attached hydrogens (tertiary/aromatic N) is 3. The van der Waals surface area contributed by atoms with Crippen molar-refractivity contribution in [2.75, 3.05) is 19.6 Å². The first-order valence-corrected chi connectivity index (χ1v) is 17.2. The molecule has 53 heavy (non-hydrogen) atoms. The maximum atomic E-state index is 13.9. The molecule has 0 aromatic heterocycles. The van der Waals surface area contributed by atoms with Gasteiger partial charge in [0.25, 0.3) is 0 Å². The van der Waals surface area contributed by atoms with Gasteiger partial charge in [0.15, 0.2) is 11.9 Å². The average Bonchev–Trinajstić information content (AvgIpc) is 3.12. The van der Waals surface area contributed by atoms with Crippen molar-refractivity contribution < 1.29 is 24.3 Å². The van der Waals surface area contributed by atoms with Crippen molar-refractivity contribution in [2.24, 2.45) is 43.6 Å². The van der Waals surface area contributed by atoms with Crippen LogP contribution in [0.2, 0.25) is 0 Å². The Labute approximate surface area is 306 Å². The van der Waals surface area contributed by atoms with Crippen LogP contribution in [0.5, 0.6) is 5.75 Å². The maximum Gasteiger partial charge on any atom is 0.245 e. The monoisotopic (exact) mass is 728 g/mol. The van der Waals surface area contributed by atoms with Crippen LogP contribution in [0.1, 0.15) is 36.8 Å². The topological polar surface area (TPSA) is 304 Å². The molecule has 0 radical (unpaired) electrons. The summed E-state index contributed by atoms with van der Waals surface area (Å²) in [4.78, 5) is 67.4. The number of hydrogen-bond donors (Lipinski definition) is 10. The Kier molecular flexibility index (Phi) is 14.3. The summed E-state index contributed by atoms with van der Waals surface area (Å²) >= 11 is 0. The van der Waals surface area contributed by atoms with Gasteiger partial charge >= 0.3 is 0 Å². The lowest BCUT2D eigenvalue weighted by Gasteiger charge is -2.24. The number of carbonyl (C=O) groups excluding carboxylic acids is 4. The molecule has 3 aromatic rings. The molecule has 4 rings (SSSR count). The van der Waals surface area contributed by atoms with E-state index in [-0.39, 0.29) is 62.3 Å². The SMILES string of the molecule is NC(N)=NCCC[C@@H]1N=C(N)[C@H](Cc2ccc(O)cc2)NC(=O)CNC(=O)[C@H](Cc2ccc3ccccc3c2)NC(=O)[C@H](CCCN=C(N)N)NC1=O. The van der Waals surface area contributed by atoms with Gasteiger partial charge in [-0.3, -0.25) is 34.2 Å². The maximum absolute atomic E-state index is 13.9. The molecule has 1 aliphatic rings. The van der Waals surface area contributed by atoms with Gasteiger partial charge in [0.2, 0.25) is 23.6 Å². The van der Waals surface area contributed by atoms with Crippen molar-refractivity contribution in [3.05, 3.63) is 77.9 Å². The van der Waals surface area contributed by atoms with E-state index in [1.54, 1.807) is 12.1 Å². The fourth-order valence-corrected chi connectivity index (χ4v) is 5.77. The highest BCUT2D eigenvalue weighted by molar-refractivity contribution is 5.97. The molecule has 17 heteroatoms. The lowest BCUT2D eigenvalue weighted by molar-refractivity contribution is -0.133. The summed E-state index contributed by atoms with van der Waals surface area (Å²) in [5.41, 5.74) is 29.9. The van der Waals surface area contributed by atoms with Gasteiger partial charge in [0, 0.05) is 19.5 Å². The Morgan fingerprint density at radius 3 is 1.98 bits per heavy atom. The van der Waals surface area contributed by atoms with Gasteiger partial charge in [-0.1, -0.05) is 54.6 Å². The highest BCUT2D eigenvalue weighted by Gasteiger charge is 2.31. The van der Waals surface area contributed by atoms with Crippen LogP contribution in [-0.2, 0) is 32.0 Å². The van der Waals surface area contributed by atoms with Crippen molar-refractivity contribution >= 4 is 52.2 Å². The molecule has 0 unspecified atom stereocenters. The molecule has 4 atom stereocenters. The summed E-state index contributed by atoms with van der Waals surface area (Å²) in [5.74, 6) is -2.72. The molecule has 1 aliphatic heterocycles. The minimum absolute atomic E-state index is 0.0518. The van der Waals surface area contributed by atoms with Gasteiger partial charge in [0.1, 0.15) is 29.7 Å². The number of rotatable bonds is 12. The van der Waals surface area contributed by atoms with E-state index in [4.69, 9.17) is 28.7 Å². The standard InChI is InChI=1S/C36H48N12O5/c37-31-28(18-21-10-13-25(49)14-11-21)45-30(50)20-44-32(51)29(19-22-9-12-23-5-1-2-6-24(23)17-22)48-34(53)27(8-4-16-43-36(40)41)47-33(52)26(46-31)7-3-15-42-35(38)39/h1-2,5-6,9-14,17,26-29,49H,3-4,7-8,15-16,18-20H2,(H2,37,46)(H,44,51)(H,45,50)(H,47,52)(H,48,53)(H4,38,39,42)(H4,40,41,43)/t26-,27-,28-,29-/m0/s1. The zero-order valence-electron chi connectivity index (χ0n) is 29.3. The molecule has 0 spiro atoms. The fourth-order valence-electron chi connectivity index (χ4n) is 5.77. The third kappa shape index (κ3) is 12.7. The lowest BCUT2D eigenvalue weighted by Crippen LogP contribution is -2.56. The second-order valence-electron chi connectivity index (χ2n) is 12.7. The highest BCUT2D eigenvalue weighted by atomic mass is 16.3. The molecule has 3 aromatic carbocycles. The van der Waals surface area contributed by atoms with Crippen LogP contribution in [0, 0.1) is 0 Å². The van der Waals surface area contributed by atoms with E-state index >= 15 is 0 Å². The van der Waals surface area contributed by atoms with Crippen molar-refractivity contribution in [3.63, 3.8) is 0 Å². The van der Waals surface area contributed by atoms with E-state index in [1.165, 1.54) is 12.1 Å². The molecular formula is C36H48N12O5. The first-order valence-electron chi connectivity index (χ1n) is 17.2. The normalized spacial score (nSPS) is 20.0. The van der Waals surface area contributed by atoms with E-state index in [2.05, 4.69) is 36.2 Å². The van der Waals surface area contributed by atoms with Gasteiger partial charge in [0.05, 0.1) is 12.6 Å². The third-order valence-electron chi connectivity index (χ3n) is 8.49. The number of hydrogen-bond acceptors (Lipinski definition) is 9. The molecule has 0 fully saturated rings. The van der Waals surface area contributed by atoms with Crippen LogP contribution in [0.15, 0.2) is 81.7 Å². The van der Waals surface area contributed by atoms with Crippen LogP contribution < -0.4 is 49.9 Å². The number of benzene rings is 3. The molecule has 4 amide bonds. The van der Waals surface area contributed by atoms with Gasteiger partial charge in [-0.15, -0.1) is 0 Å². The number of phenols is 1. The predicted octanol–water partition coefficient (Wildman–Crippen LogP) is -1.25. The largest absolute Gasteiger partial charge is 0.508 e. The third-order valence-corrected chi connectivity index (χ3v) is 8.49. The first-order chi connectivity index (χ1) is 25.4. The Balaban J connectivity index is 1.70. The van der Waals surface area contributed by atoms with Crippen LogP contribution in [0.4, 0.5) is 0 Å². The first kappa shape index (κ1) is 39.4. The number of nitrogens with one attached hydrogen (secondary N) is 4. The second-order valence-corrected chi connectivity index (χ2v) is 12.7. The Morgan fingerprint density at radius 2 is 1.30 bits per heavy atom. The molecule has 0 bridgehead atoms. The average molecular weight is 729 g/mol. The summed E-state index contributed by atoms with van der Waals surface area (Å²) in [6.45, 7) is -0.0615. The van der Waals surface area contributed by atoms with E-state index in [1.807, 2.05) is 42.5 Å². The van der Waals surface area contributed by atoms with Crippen molar-refractivity contribution in [2.45, 2.75) is 62.7 Å². The highest BCUT2D eigenvalue weighted by Crippen LogP contribution is 2.18. The lowest BCUT2D eigenvalue weighted by atomic mass is 10.0. The number of carbonyl (C=O) groups is 4. The van der Waals surface area contributed by atoms with Crippen LogP contribution in [0.25, 0.3) is 10.8 Å². The second kappa shape index (κ2) is 19.3. The number of phenolic OH excluding ortho intramolecular Hbond substituents is 1. The molecule has 15 N–H and O–H groups in total. The predicted molar refractivity (Wildman–Crippen MR) is 203 cm³/mol. The van der Waals surface area contributed by atoms with Gasteiger partial charge < -0.3 is 55.0 Å². The number of guanidine groups is 2. The molecular weight excluding hydrogens is 680 g/mol. The van der Waals surface area contributed by atoms with E-state index < -0.39 is 54.3 Å². The molecule has 1 heterocycles. The summed E-state index contributed by atoms with van der Waals surface area (Å²) in [6, 6.07) is 15.5. The summed E-state index contributed by atoms with van der Waals surface area (Å²) < 4.78 is 0. The number of aromatic hydroxyl groups is 1. The zero-order chi connectivity index (χ0) is 38.3. The molecule has 17 nitrogen and oxygen atoms in total. The van der Waals surface area contributed by atoms with Crippen molar-refractivity contribution in [1.82, 2.24) is 21.3 Å². The molecule has 282 valence electrons. The van der Waals surface area contributed by atoms with Gasteiger partial charge in [-0.25, -0.2) is 0 Å². The summed E-state index contributed by atoms with van der Waals surface area (Å²) in [6.07, 6.45) is 1.13. The fraction of sp³-hybridized carbons (Fsp3) is 0.361. The summed E-state index contributed by atoms with van der Waals surface area (Å²) in [7, 11) is 0. The minimum Gasteiger partial charge on any atom is -0.508 e. The molecule has 0 aliphatic carbocycles. The summed E-state index contributed by atoms with van der Waals surface area (Å²) in [5, 5.41) is 22.8. The van der Waals surface area contributed by atoms with Gasteiger partial charge in [-0.2, -0.15) is 0 Å². The smallest absolute Gasteiger partial charge is 0.245 e. The number of aliphatic imine (C=N–C) groups is 3. The van der Waals surface area contributed by atoms with Gasteiger partial charge in [-0.05, 0) is 66.1 Å². The Hall–Kier alpha value is -6.39. The Bertz CT molecular complexity index is 1840. The van der Waals surface area contributed by atoms with Crippen molar-refractivity contribution in [3.8, 4) is 5.75 Å². The minimum atomic E-state index is -1.13. The number of amidine groups is 1. The van der Waals surface area contributed by atoms with Crippen molar-refractivity contribution in [1.29, 1.82) is 0 Å². The van der Waals surface area contributed by atoms with Crippen LogP contribution in [-0.4, -0.2) is 90.3 Å². The number of nitrogens with two attached hydrogens (primary N) is 5. The Morgan fingerprint density at radius 1 is 0.698 bits per heavy atom.